The molecule has 10 nitrogen and oxygen atoms in total. The summed E-state index contributed by atoms with van der Waals surface area (Å²) in [5, 5.41) is 14.2. The van der Waals surface area contributed by atoms with Crippen LogP contribution in [0.2, 0.25) is 5.02 Å². The third kappa shape index (κ3) is 9.83. The number of hydrogen-bond acceptors (Lipinski definition) is 9. The Hall–Kier alpha value is -4.55. The molecule has 0 aliphatic carbocycles. The van der Waals surface area contributed by atoms with Gasteiger partial charge in [-0.1, -0.05) is 59.8 Å². The van der Waals surface area contributed by atoms with Crippen molar-refractivity contribution in [1.29, 1.82) is 0 Å². The summed E-state index contributed by atoms with van der Waals surface area (Å²) in [6.07, 6.45) is 4.83. The molecule has 0 bridgehead atoms. The number of thioether (sulfide) groups is 1. The van der Waals surface area contributed by atoms with Gasteiger partial charge in [0.25, 0.3) is 0 Å². The maximum atomic E-state index is 12.6. The van der Waals surface area contributed by atoms with Gasteiger partial charge in [0.15, 0.2) is 23.0 Å². The highest BCUT2D eigenvalue weighted by Crippen LogP contribution is 2.48. The normalized spacial score (nSPS) is 16.1. The number of nitrogens with zero attached hydrogens (tertiary/aromatic N) is 1. The third-order valence-electron chi connectivity index (χ3n) is 8.30. The first-order valence-electron chi connectivity index (χ1n) is 16.4. The van der Waals surface area contributed by atoms with Crippen molar-refractivity contribution >= 4 is 29.4 Å². The fraction of sp³-hybridized carbons (Fsp3) is 0.308. The Bertz CT molecular complexity index is 1770. The zero-order valence-corrected chi connectivity index (χ0v) is 30.8. The zero-order valence-electron chi connectivity index (χ0n) is 29.3. The van der Waals surface area contributed by atoms with E-state index in [-0.39, 0.29) is 24.2 Å². The topological polar surface area (TPSA) is 108 Å². The van der Waals surface area contributed by atoms with Crippen molar-refractivity contribution in [3.63, 3.8) is 0 Å². The van der Waals surface area contributed by atoms with E-state index in [0.717, 1.165) is 40.0 Å². The van der Waals surface area contributed by atoms with Crippen molar-refractivity contribution in [2.45, 2.75) is 55.3 Å². The highest BCUT2D eigenvalue weighted by molar-refractivity contribution is 7.99. The molecule has 2 amide bonds. The second-order valence-electron chi connectivity index (χ2n) is 11.7. The number of carbonyl (C=O) groups is 1. The van der Waals surface area contributed by atoms with Crippen LogP contribution in [-0.2, 0) is 17.7 Å². The molecule has 1 heterocycles. The number of methoxy groups -OCH3 is 4. The number of hydrogen-bond donors (Lipinski definition) is 2. The lowest BCUT2D eigenvalue weighted by Crippen LogP contribution is -2.34. The van der Waals surface area contributed by atoms with Crippen molar-refractivity contribution < 1.29 is 38.4 Å². The van der Waals surface area contributed by atoms with Gasteiger partial charge in [0.1, 0.15) is 5.44 Å². The van der Waals surface area contributed by atoms with E-state index in [1.54, 1.807) is 46.3 Å². The molecule has 2 N–H and O–H groups in total. The molecule has 270 valence electrons. The van der Waals surface area contributed by atoms with Crippen molar-refractivity contribution in [2.24, 2.45) is 0 Å². The molecule has 0 saturated carbocycles. The van der Waals surface area contributed by atoms with Gasteiger partial charge < -0.3 is 33.7 Å². The summed E-state index contributed by atoms with van der Waals surface area (Å²) in [6, 6.07) is 24.0. The molecule has 51 heavy (non-hydrogen) atoms. The SMILES string of the molecule is COc1cc(C2CCC(c3cc(OC)c(OC)c(OC)c3)O2)cc(C/C=C/NC(=O)N(O)Cc2ccccc2)c1OC(C)Sc1ccc(Cl)cc1. The fourth-order valence-electron chi connectivity index (χ4n) is 5.83. The second kappa shape index (κ2) is 18.1. The van der Waals surface area contributed by atoms with E-state index in [0.29, 0.717) is 45.3 Å². The second-order valence-corrected chi connectivity index (χ2v) is 13.5. The van der Waals surface area contributed by atoms with Crippen LogP contribution in [0.15, 0.2) is 96.0 Å². The van der Waals surface area contributed by atoms with Crippen molar-refractivity contribution in [3.05, 3.63) is 118 Å². The third-order valence-corrected chi connectivity index (χ3v) is 9.52. The minimum Gasteiger partial charge on any atom is -0.493 e. The van der Waals surface area contributed by atoms with Gasteiger partial charge in [-0.15, -0.1) is 0 Å². The Morgan fingerprint density at radius 2 is 1.49 bits per heavy atom. The van der Waals surface area contributed by atoms with Crippen LogP contribution in [0.3, 0.4) is 0 Å². The first-order valence-corrected chi connectivity index (χ1v) is 17.7. The number of halogens is 1. The van der Waals surface area contributed by atoms with Crippen LogP contribution in [0.5, 0.6) is 28.7 Å². The van der Waals surface area contributed by atoms with Crippen LogP contribution in [-0.4, -0.2) is 50.2 Å². The minimum absolute atomic E-state index is 0.0550. The van der Waals surface area contributed by atoms with E-state index in [9.17, 15) is 10.0 Å². The lowest BCUT2D eigenvalue weighted by molar-refractivity contribution is -0.0495. The van der Waals surface area contributed by atoms with Gasteiger partial charge in [-0.05, 0) is 91.4 Å². The number of benzene rings is 4. The molecule has 1 aliphatic heterocycles. The van der Waals surface area contributed by atoms with Gasteiger partial charge in [0.2, 0.25) is 5.75 Å². The largest absolute Gasteiger partial charge is 0.493 e. The predicted molar refractivity (Wildman–Crippen MR) is 197 cm³/mol. The van der Waals surface area contributed by atoms with Crippen LogP contribution < -0.4 is 29.0 Å². The molecule has 1 aliphatic rings. The molecule has 12 heteroatoms. The molecular formula is C39H43ClN2O8S. The smallest absolute Gasteiger partial charge is 0.345 e. The average molecular weight is 735 g/mol. The molecule has 5 rings (SSSR count). The highest BCUT2D eigenvalue weighted by atomic mass is 35.5. The zero-order chi connectivity index (χ0) is 36.3. The molecule has 0 aromatic heterocycles. The number of urea groups is 1. The van der Waals surface area contributed by atoms with E-state index in [2.05, 4.69) is 11.4 Å². The number of ether oxygens (including phenoxy) is 6. The molecular weight excluding hydrogens is 692 g/mol. The highest BCUT2D eigenvalue weighted by Gasteiger charge is 2.31. The number of carbonyl (C=O) groups excluding carboxylic acids is 1. The Morgan fingerprint density at radius 1 is 0.902 bits per heavy atom. The van der Waals surface area contributed by atoms with Crippen molar-refractivity contribution in [1.82, 2.24) is 10.4 Å². The molecule has 3 unspecified atom stereocenters. The van der Waals surface area contributed by atoms with Gasteiger partial charge in [0, 0.05) is 21.7 Å². The summed E-state index contributed by atoms with van der Waals surface area (Å²) < 4.78 is 35.7. The van der Waals surface area contributed by atoms with E-state index in [4.69, 9.17) is 40.0 Å². The number of rotatable bonds is 15. The van der Waals surface area contributed by atoms with E-state index >= 15 is 0 Å². The molecule has 0 spiro atoms. The standard InChI is InChI=1S/C39H43ClN2O8S/c1-25(51-31-15-13-30(40)14-16-31)49-37-27(12-9-19-41-39(43)42(44)24-26-10-7-6-8-11-26)20-28(21-34(37)45-2)32-17-18-33(50-32)29-22-35(46-3)38(48-5)36(23-29)47-4/h6-11,13-16,19-23,25,32-33,44H,12,17-18,24H2,1-5H3,(H,41,43)/b19-9+. The lowest BCUT2D eigenvalue weighted by Gasteiger charge is -2.22. The number of hydroxylamine groups is 2. The number of amides is 2. The Balaban J connectivity index is 1.37. The van der Waals surface area contributed by atoms with E-state index < -0.39 is 6.03 Å². The molecule has 4 aromatic rings. The average Bonchev–Trinajstić information content (AvgIpc) is 3.65. The minimum atomic E-state index is -0.650. The molecule has 4 aromatic carbocycles. The van der Waals surface area contributed by atoms with Gasteiger partial charge >= 0.3 is 6.03 Å². The first kappa shape index (κ1) is 37.7. The fourth-order valence-corrected chi connectivity index (χ4v) is 6.78. The maximum Gasteiger partial charge on any atom is 0.345 e. The number of allylic oxidation sites excluding steroid dienone is 1. The monoisotopic (exact) mass is 734 g/mol. The maximum absolute atomic E-state index is 12.6. The summed E-state index contributed by atoms with van der Waals surface area (Å²) in [5.74, 6) is 2.81. The van der Waals surface area contributed by atoms with Gasteiger partial charge in [-0.2, -0.15) is 0 Å². The van der Waals surface area contributed by atoms with Crippen LogP contribution in [0.1, 0.15) is 54.2 Å². The Labute approximate surface area is 308 Å². The number of nitrogens with one attached hydrogen (secondary N) is 1. The summed E-state index contributed by atoms with van der Waals surface area (Å²) in [6.45, 7) is 2.02. The molecule has 1 fully saturated rings. The quantitative estimate of drug-likeness (QED) is 0.0535. The summed E-state index contributed by atoms with van der Waals surface area (Å²) in [7, 11) is 6.37. The predicted octanol–water partition coefficient (Wildman–Crippen LogP) is 9.14. The van der Waals surface area contributed by atoms with Gasteiger partial charge in [-0.25, -0.2) is 9.86 Å². The van der Waals surface area contributed by atoms with Crippen molar-refractivity contribution in [2.75, 3.05) is 28.4 Å². The van der Waals surface area contributed by atoms with E-state index in [1.165, 1.54) is 6.20 Å². The summed E-state index contributed by atoms with van der Waals surface area (Å²) >= 11 is 7.64. The molecule has 3 atom stereocenters. The van der Waals surface area contributed by atoms with Crippen LogP contribution in [0.25, 0.3) is 0 Å². The first-order chi connectivity index (χ1) is 24.7. The van der Waals surface area contributed by atoms with E-state index in [1.807, 2.05) is 79.7 Å². The molecule has 0 radical (unpaired) electrons. The summed E-state index contributed by atoms with van der Waals surface area (Å²) in [4.78, 5) is 13.6. The summed E-state index contributed by atoms with van der Waals surface area (Å²) in [5.41, 5.74) is 3.22. The lowest BCUT2D eigenvalue weighted by atomic mass is 9.99. The molecule has 1 saturated heterocycles. The Morgan fingerprint density at radius 3 is 2.08 bits per heavy atom. The van der Waals surface area contributed by atoms with Gasteiger partial charge in [-0.3, -0.25) is 5.21 Å². The Kier molecular flexibility index (Phi) is 13.4. The van der Waals surface area contributed by atoms with Crippen molar-refractivity contribution in [3.8, 4) is 28.7 Å². The van der Waals surface area contributed by atoms with Gasteiger partial charge in [0.05, 0.1) is 47.2 Å². The van der Waals surface area contributed by atoms with Crippen LogP contribution in [0.4, 0.5) is 4.79 Å². The van der Waals surface area contributed by atoms with Crippen LogP contribution in [0, 0.1) is 0 Å². The van der Waals surface area contributed by atoms with Crippen LogP contribution >= 0.6 is 23.4 Å².